The van der Waals surface area contributed by atoms with Gasteiger partial charge < -0.3 is 5.32 Å². The lowest BCUT2D eigenvalue weighted by Gasteiger charge is -2.19. The molecule has 0 saturated heterocycles. The monoisotopic (exact) mass is 247 g/mol. The maximum Gasteiger partial charge on any atom is 0.0845 e. The van der Waals surface area contributed by atoms with Gasteiger partial charge in [-0.3, -0.25) is 4.98 Å². The molecule has 2 aromatic heterocycles. The largest absolute Gasteiger partial charge is 0.307 e. The molecule has 0 bridgehead atoms. The van der Waals surface area contributed by atoms with Gasteiger partial charge in [0.1, 0.15) is 0 Å². The molecule has 3 nitrogen and oxygen atoms in total. The molecule has 0 fully saturated rings. The SMILES string of the molecule is CC(C)(C)NCc1cc(-c2ccncc2)ns1. The number of aromatic nitrogens is 2. The molecule has 0 aliphatic heterocycles. The Bertz CT molecular complexity index is 471. The molecule has 0 atom stereocenters. The third-order valence-electron chi connectivity index (χ3n) is 2.33. The highest BCUT2D eigenvalue weighted by Gasteiger charge is 2.10. The molecule has 0 aliphatic rings. The summed E-state index contributed by atoms with van der Waals surface area (Å²) in [7, 11) is 0. The molecular formula is C13H17N3S. The van der Waals surface area contributed by atoms with Crippen LogP contribution in [-0.2, 0) is 6.54 Å². The van der Waals surface area contributed by atoms with Crippen LogP contribution in [0.5, 0.6) is 0 Å². The van der Waals surface area contributed by atoms with Crippen LogP contribution in [0.1, 0.15) is 25.6 Å². The maximum atomic E-state index is 4.46. The van der Waals surface area contributed by atoms with E-state index < -0.39 is 0 Å². The minimum atomic E-state index is 0.140. The molecule has 0 saturated carbocycles. The minimum Gasteiger partial charge on any atom is -0.307 e. The smallest absolute Gasteiger partial charge is 0.0845 e. The Morgan fingerprint density at radius 1 is 1.24 bits per heavy atom. The molecule has 0 unspecified atom stereocenters. The lowest BCUT2D eigenvalue weighted by atomic mass is 10.1. The van der Waals surface area contributed by atoms with E-state index in [1.807, 2.05) is 12.1 Å². The summed E-state index contributed by atoms with van der Waals surface area (Å²) in [5.41, 5.74) is 2.29. The normalized spacial score (nSPS) is 11.7. The van der Waals surface area contributed by atoms with Crippen molar-refractivity contribution in [2.24, 2.45) is 0 Å². The van der Waals surface area contributed by atoms with Crippen LogP contribution in [-0.4, -0.2) is 14.9 Å². The molecule has 2 rings (SSSR count). The van der Waals surface area contributed by atoms with Gasteiger partial charge in [-0.15, -0.1) is 0 Å². The summed E-state index contributed by atoms with van der Waals surface area (Å²) in [4.78, 5) is 5.27. The molecule has 0 radical (unpaired) electrons. The van der Waals surface area contributed by atoms with Gasteiger partial charge in [-0.1, -0.05) is 0 Å². The van der Waals surface area contributed by atoms with Gasteiger partial charge in [0, 0.05) is 34.9 Å². The van der Waals surface area contributed by atoms with Crippen molar-refractivity contribution in [3.05, 3.63) is 35.5 Å². The summed E-state index contributed by atoms with van der Waals surface area (Å²) >= 11 is 1.55. The van der Waals surface area contributed by atoms with Crippen LogP contribution in [0.4, 0.5) is 0 Å². The van der Waals surface area contributed by atoms with Crippen LogP contribution >= 0.6 is 11.5 Å². The second-order valence-electron chi connectivity index (χ2n) is 5.02. The first-order valence-corrected chi connectivity index (χ1v) is 6.43. The molecular weight excluding hydrogens is 230 g/mol. The zero-order chi connectivity index (χ0) is 12.3. The van der Waals surface area contributed by atoms with E-state index in [4.69, 9.17) is 0 Å². The summed E-state index contributed by atoms with van der Waals surface area (Å²) < 4.78 is 4.46. The van der Waals surface area contributed by atoms with E-state index in [1.54, 1.807) is 23.9 Å². The van der Waals surface area contributed by atoms with Gasteiger partial charge in [-0.25, -0.2) is 0 Å². The van der Waals surface area contributed by atoms with Crippen LogP contribution < -0.4 is 5.32 Å². The van der Waals surface area contributed by atoms with E-state index in [-0.39, 0.29) is 5.54 Å². The number of nitrogens with zero attached hydrogens (tertiary/aromatic N) is 2. The summed E-state index contributed by atoms with van der Waals surface area (Å²) in [6, 6.07) is 6.10. The van der Waals surface area contributed by atoms with E-state index in [0.717, 1.165) is 17.8 Å². The number of hydrogen-bond acceptors (Lipinski definition) is 4. The van der Waals surface area contributed by atoms with E-state index in [1.165, 1.54) is 4.88 Å². The molecule has 2 aromatic rings. The predicted molar refractivity (Wildman–Crippen MR) is 71.9 cm³/mol. The highest BCUT2D eigenvalue weighted by Crippen LogP contribution is 2.21. The standard InChI is InChI=1S/C13H17N3S/c1-13(2,3)15-9-11-8-12(16-17-11)10-4-6-14-7-5-10/h4-8,15H,9H2,1-3H3. The number of hydrogen-bond donors (Lipinski definition) is 1. The van der Waals surface area contributed by atoms with E-state index in [9.17, 15) is 0 Å². The first-order valence-electron chi connectivity index (χ1n) is 5.66. The number of pyridine rings is 1. The number of nitrogens with one attached hydrogen (secondary N) is 1. The van der Waals surface area contributed by atoms with Crippen molar-refractivity contribution in [2.45, 2.75) is 32.9 Å². The molecule has 1 N–H and O–H groups in total. The summed E-state index contributed by atoms with van der Waals surface area (Å²) in [6.45, 7) is 7.36. The Morgan fingerprint density at radius 3 is 2.59 bits per heavy atom. The number of rotatable bonds is 3. The summed E-state index contributed by atoms with van der Waals surface area (Å²) in [6.07, 6.45) is 3.59. The van der Waals surface area contributed by atoms with E-state index >= 15 is 0 Å². The molecule has 2 heterocycles. The van der Waals surface area contributed by atoms with Crippen LogP contribution in [0.25, 0.3) is 11.3 Å². The van der Waals surface area contributed by atoms with Crippen molar-refractivity contribution < 1.29 is 0 Å². The van der Waals surface area contributed by atoms with Crippen molar-refractivity contribution in [2.75, 3.05) is 0 Å². The van der Waals surface area contributed by atoms with Gasteiger partial charge >= 0.3 is 0 Å². The van der Waals surface area contributed by atoms with Crippen LogP contribution in [0.15, 0.2) is 30.6 Å². The molecule has 90 valence electrons. The average Bonchev–Trinajstić information content (AvgIpc) is 2.75. The van der Waals surface area contributed by atoms with E-state index in [2.05, 4.69) is 41.5 Å². The Labute approximate surface area is 106 Å². The third kappa shape index (κ3) is 3.61. The van der Waals surface area contributed by atoms with Gasteiger partial charge in [0.05, 0.1) is 5.69 Å². The lowest BCUT2D eigenvalue weighted by Crippen LogP contribution is -2.34. The second-order valence-corrected chi connectivity index (χ2v) is 5.91. The Hall–Kier alpha value is -1.26. The molecule has 0 amide bonds. The lowest BCUT2D eigenvalue weighted by molar-refractivity contribution is 0.426. The van der Waals surface area contributed by atoms with Crippen LogP contribution in [0.2, 0.25) is 0 Å². The van der Waals surface area contributed by atoms with Crippen molar-refractivity contribution in [3.8, 4) is 11.3 Å². The first kappa shape index (κ1) is 12.2. The zero-order valence-corrected chi connectivity index (χ0v) is 11.2. The summed E-state index contributed by atoms with van der Waals surface area (Å²) in [5.74, 6) is 0. The highest BCUT2D eigenvalue weighted by molar-refractivity contribution is 7.06. The molecule has 0 aliphatic carbocycles. The fraction of sp³-hybridized carbons (Fsp3) is 0.385. The van der Waals surface area contributed by atoms with Crippen molar-refractivity contribution in [1.29, 1.82) is 0 Å². The molecule has 17 heavy (non-hydrogen) atoms. The van der Waals surface area contributed by atoms with Gasteiger partial charge in [0.15, 0.2) is 0 Å². The van der Waals surface area contributed by atoms with Crippen LogP contribution in [0.3, 0.4) is 0 Å². The first-order chi connectivity index (χ1) is 8.04. The zero-order valence-electron chi connectivity index (χ0n) is 10.4. The van der Waals surface area contributed by atoms with Crippen LogP contribution in [0, 0.1) is 0 Å². The fourth-order valence-electron chi connectivity index (χ4n) is 1.41. The molecule has 0 aromatic carbocycles. The fourth-order valence-corrected chi connectivity index (χ4v) is 2.08. The third-order valence-corrected chi connectivity index (χ3v) is 3.11. The van der Waals surface area contributed by atoms with Crippen molar-refractivity contribution >= 4 is 11.5 Å². The minimum absolute atomic E-state index is 0.140. The predicted octanol–water partition coefficient (Wildman–Crippen LogP) is 3.09. The van der Waals surface area contributed by atoms with Gasteiger partial charge in [-0.2, -0.15) is 4.37 Å². The Morgan fingerprint density at radius 2 is 1.94 bits per heavy atom. The van der Waals surface area contributed by atoms with Gasteiger partial charge in [0.25, 0.3) is 0 Å². The quantitative estimate of drug-likeness (QED) is 0.905. The van der Waals surface area contributed by atoms with Gasteiger partial charge in [-0.05, 0) is 50.5 Å². The van der Waals surface area contributed by atoms with Gasteiger partial charge in [0.2, 0.25) is 0 Å². The van der Waals surface area contributed by atoms with E-state index in [0.29, 0.717) is 0 Å². The van der Waals surface area contributed by atoms with Crippen molar-refractivity contribution in [3.63, 3.8) is 0 Å². The Balaban J connectivity index is 2.07. The topological polar surface area (TPSA) is 37.8 Å². The highest BCUT2D eigenvalue weighted by atomic mass is 32.1. The van der Waals surface area contributed by atoms with Crippen molar-refractivity contribution in [1.82, 2.24) is 14.7 Å². The average molecular weight is 247 g/mol. The maximum absolute atomic E-state index is 4.46. The Kier molecular flexibility index (Phi) is 3.54. The molecule has 4 heteroatoms. The summed E-state index contributed by atoms with van der Waals surface area (Å²) in [5, 5.41) is 3.46. The second kappa shape index (κ2) is 4.94. The molecule has 0 spiro atoms.